The summed E-state index contributed by atoms with van der Waals surface area (Å²) in [6, 6.07) is 3.32. The average Bonchev–Trinajstić information content (AvgIpc) is 2.41. The summed E-state index contributed by atoms with van der Waals surface area (Å²) in [5, 5.41) is 11.3. The highest BCUT2D eigenvalue weighted by atomic mass is 79.9. The summed E-state index contributed by atoms with van der Waals surface area (Å²) in [7, 11) is 0. The standard InChI is InChI=1S/C15H19BrClNO3/c1-4-15(5-2)12(17)8-13(15)21-14-9(3)6-10(16)7-11(14)18(19)20/h6-7,12-13H,4-5,8H2,1-3H3. The van der Waals surface area contributed by atoms with Gasteiger partial charge in [-0.3, -0.25) is 10.1 Å². The van der Waals surface area contributed by atoms with Crippen LogP contribution >= 0.6 is 27.5 Å². The van der Waals surface area contributed by atoms with E-state index in [4.69, 9.17) is 16.3 Å². The summed E-state index contributed by atoms with van der Waals surface area (Å²) in [5.74, 6) is 0.364. The molecule has 0 saturated heterocycles. The van der Waals surface area contributed by atoms with Crippen molar-refractivity contribution in [3.63, 3.8) is 0 Å². The van der Waals surface area contributed by atoms with Crippen LogP contribution in [0.5, 0.6) is 5.75 Å². The van der Waals surface area contributed by atoms with Gasteiger partial charge in [-0.1, -0.05) is 29.8 Å². The molecule has 0 N–H and O–H groups in total. The van der Waals surface area contributed by atoms with Gasteiger partial charge in [-0.2, -0.15) is 0 Å². The summed E-state index contributed by atoms with van der Waals surface area (Å²) >= 11 is 9.67. The molecule has 2 unspecified atom stereocenters. The van der Waals surface area contributed by atoms with E-state index in [1.807, 2.05) is 13.0 Å². The Morgan fingerprint density at radius 1 is 1.48 bits per heavy atom. The molecule has 0 aromatic heterocycles. The Labute approximate surface area is 138 Å². The van der Waals surface area contributed by atoms with Crippen molar-refractivity contribution in [2.45, 2.75) is 51.5 Å². The number of ether oxygens (including phenoxy) is 1. The van der Waals surface area contributed by atoms with Crippen LogP contribution in [0, 0.1) is 22.5 Å². The average molecular weight is 377 g/mol. The summed E-state index contributed by atoms with van der Waals surface area (Å²) < 4.78 is 6.73. The van der Waals surface area contributed by atoms with E-state index in [0.717, 1.165) is 24.8 Å². The molecular weight excluding hydrogens is 358 g/mol. The van der Waals surface area contributed by atoms with Gasteiger partial charge in [-0.25, -0.2) is 0 Å². The third-order valence-corrected chi connectivity index (χ3v) is 5.75. The van der Waals surface area contributed by atoms with Crippen molar-refractivity contribution < 1.29 is 9.66 Å². The van der Waals surface area contributed by atoms with E-state index in [-0.39, 0.29) is 22.6 Å². The summed E-state index contributed by atoms with van der Waals surface area (Å²) in [6.45, 7) is 6.01. The van der Waals surface area contributed by atoms with Crippen molar-refractivity contribution in [3.8, 4) is 5.75 Å². The fourth-order valence-corrected chi connectivity index (χ4v) is 4.33. The number of nitro groups is 1. The zero-order valence-electron chi connectivity index (χ0n) is 12.4. The van der Waals surface area contributed by atoms with E-state index < -0.39 is 4.92 Å². The number of rotatable bonds is 5. The predicted octanol–water partition coefficient (Wildman–Crippen LogP) is 5.23. The maximum Gasteiger partial charge on any atom is 0.312 e. The molecule has 4 nitrogen and oxygen atoms in total. The Bertz CT molecular complexity index is 560. The fraction of sp³-hybridized carbons (Fsp3) is 0.600. The first-order chi connectivity index (χ1) is 9.85. The molecule has 1 saturated carbocycles. The molecule has 116 valence electrons. The third-order valence-electron chi connectivity index (χ3n) is 4.68. The van der Waals surface area contributed by atoms with Crippen LogP contribution in [0.25, 0.3) is 0 Å². The van der Waals surface area contributed by atoms with Crippen molar-refractivity contribution in [2.24, 2.45) is 5.41 Å². The van der Waals surface area contributed by atoms with Crippen molar-refractivity contribution >= 4 is 33.2 Å². The summed E-state index contributed by atoms with van der Waals surface area (Å²) in [4.78, 5) is 10.9. The molecular formula is C15H19BrClNO3. The van der Waals surface area contributed by atoms with Crippen LogP contribution in [-0.2, 0) is 0 Å². The van der Waals surface area contributed by atoms with Crippen LogP contribution in [0.15, 0.2) is 16.6 Å². The lowest BCUT2D eigenvalue weighted by atomic mass is 9.62. The highest BCUT2D eigenvalue weighted by molar-refractivity contribution is 9.10. The molecule has 2 atom stereocenters. The quantitative estimate of drug-likeness (QED) is 0.401. The predicted molar refractivity (Wildman–Crippen MR) is 87.2 cm³/mol. The van der Waals surface area contributed by atoms with Crippen LogP contribution in [0.2, 0.25) is 0 Å². The lowest BCUT2D eigenvalue weighted by Gasteiger charge is -2.52. The molecule has 21 heavy (non-hydrogen) atoms. The first-order valence-corrected chi connectivity index (χ1v) is 8.34. The summed E-state index contributed by atoms with van der Waals surface area (Å²) in [6.07, 6.45) is 2.49. The minimum Gasteiger partial charge on any atom is -0.483 e. The lowest BCUT2D eigenvalue weighted by Crippen LogP contribution is -2.56. The smallest absolute Gasteiger partial charge is 0.312 e. The third kappa shape index (κ3) is 2.78. The van der Waals surface area contributed by atoms with Crippen molar-refractivity contribution in [1.82, 2.24) is 0 Å². The van der Waals surface area contributed by atoms with Crippen LogP contribution in [-0.4, -0.2) is 16.4 Å². The van der Waals surface area contributed by atoms with Crippen LogP contribution in [0.4, 0.5) is 5.69 Å². The number of hydrogen-bond acceptors (Lipinski definition) is 3. The molecule has 1 fully saturated rings. The number of benzene rings is 1. The van der Waals surface area contributed by atoms with Crippen LogP contribution < -0.4 is 4.74 Å². The Morgan fingerprint density at radius 3 is 2.57 bits per heavy atom. The van der Waals surface area contributed by atoms with Gasteiger partial charge < -0.3 is 4.74 Å². The largest absolute Gasteiger partial charge is 0.483 e. The molecule has 1 aromatic rings. The van der Waals surface area contributed by atoms with E-state index in [0.29, 0.717) is 10.2 Å². The highest BCUT2D eigenvalue weighted by Crippen LogP contribution is 2.53. The van der Waals surface area contributed by atoms with E-state index in [1.165, 1.54) is 6.07 Å². The molecule has 0 heterocycles. The van der Waals surface area contributed by atoms with Crippen LogP contribution in [0.3, 0.4) is 0 Å². The van der Waals surface area contributed by atoms with Gasteiger partial charge in [0.15, 0.2) is 5.75 Å². The second-order valence-electron chi connectivity index (χ2n) is 5.58. The zero-order chi connectivity index (χ0) is 15.8. The number of nitro benzene ring substituents is 1. The fourth-order valence-electron chi connectivity index (χ4n) is 3.16. The SMILES string of the molecule is CCC1(CC)C(Cl)CC1Oc1c(C)cc(Br)cc1[N+](=O)[O-]. The van der Waals surface area contributed by atoms with E-state index >= 15 is 0 Å². The van der Waals surface area contributed by atoms with E-state index in [2.05, 4.69) is 29.8 Å². The molecule has 2 rings (SSSR count). The highest BCUT2D eigenvalue weighted by Gasteiger charge is 2.54. The number of alkyl halides is 1. The van der Waals surface area contributed by atoms with Crippen LogP contribution in [0.1, 0.15) is 38.7 Å². The van der Waals surface area contributed by atoms with Gasteiger partial charge in [-0.15, -0.1) is 11.6 Å². The minimum absolute atomic E-state index is 0.000929. The topological polar surface area (TPSA) is 52.4 Å². The lowest BCUT2D eigenvalue weighted by molar-refractivity contribution is -0.386. The molecule has 1 aromatic carbocycles. The number of halogens is 2. The second-order valence-corrected chi connectivity index (χ2v) is 7.02. The molecule has 0 radical (unpaired) electrons. The van der Waals surface area contributed by atoms with E-state index in [1.54, 1.807) is 0 Å². The van der Waals surface area contributed by atoms with Gasteiger partial charge in [-0.05, 0) is 31.4 Å². The zero-order valence-corrected chi connectivity index (χ0v) is 14.7. The molecule has 1 aliphatic rings. The molecule has 0 bridgehead atoms. The number of hydrogen-bond donors (Lipinski definition) is 0. The molecule has 0 amide bonds. The second kappa shape index (κ2) is 6.13. The van der Waals surface area contributed by atoms with Crippen molar-refractivity contribution in [2.75, 3.05) is 0 Å². The molecule has 1 aliphatic carbocycles. The first kappa shape index (κ1) is 16.6. The van der Waals surface area contributed by atoms with Gasteiger partial charge in [0.05, 0.1) is 4.92 Å². The number of nitrogens with zero attached hydrogens (tertiary/aromatic N) is 1. The first-order valence-electron chi connectivity index (χ1n) is 7.11. The van der Waals surface area contributed by atoms with Gasteiger partial charge >= 0.3 is 5.69 Å². The van der Waals surface area contributed by atoms with Gasteiger partial charge in [0, 0.05) is 27.8 Å². The van der Waals surface area contributed by atoms with Gasteiger partial charge in [0.2, 0.25) is 0 Å². The summed E-state index contributed by atoms with van der Waals surface area (Å²) in [5.41, 5.74) is 0.672. The molecule has 6 heteroatoms. The van der Waals surface area contributed by atoms with E-state index in [9.17, 15) is 10.1 Å². The number of aryl methyl sites for hydroxylation is 1. The maximum absolute atomic E-state index is 11.3. The minimum atomic E-state index is -0.399. The molecule has 0 spiro atoms. The maximum atomic E-state index is 11.3. The van der Waals surface area contributed by atoms with Gasteiger partial charge in [0.1, 0.15) is 6.10 Å². The van der Waals surface area contributed by atoms with Crippen molar-refractivity contribution in [1.29, 1.82) is 0 Å². The molecule has 0 aliphatic heterocycles. The van der Waals surface area contributed by atoms with Gasteiger partial charge in [0.25, 0.3) is 0 Å². The Balaban J connectivity index is 2.34. The Morgan fingerprint density at radius 2 is 2.10 bits per heavy atom. The Hall–Kier alpha value is -0.810. The van der Waals surface area contributed by atoms with Crippen molar-refractivity contribution in [3.05, 3.63) is 32.3 Å². The monoisotopic (exact) mass is 375 g/mol. The normalized spacial score (nSPS) is 23.5. The Kier molecular flexibility index (Phi) is 4.83.